The molecule has 1 saturated heterocycles. The molecular weight excluding hydrogens is 280 g/mol. The van der Waals surface area contributed by atoms with Crippen molar-refractivity contribution in [2.45, 2.75) is 25.8 Å². The third-order valence-electron chi connectivity index (χ3n) is 3.70. The van der Waals surface area contributed by atoms with Crippen molar-refractivity contribution >= 4 is 29.2 Å². The molecule has 0 spiro atoms. The van der Waals surface area contributed by atoms with Crippen molar-refractivity contribution in [3.63, 3.8) is 0 Å². The van der Waals surface area contributed by atoms with E-state index in [0.29, 0.717) is 24.6 Å². The van der Waals surface area contributed by atoms with Crippen molar-refractivity contribution in [1.29, 1.82) is 0 Å². The first kappa shape index (κ1) is 14.7. The maximum atomic E-state index is 11.6. The van der Waals surface area contributed by atoms with Crippen LogP contribution in [0, 0.1) is 5.92 Å². The van der Waals surface area contributed by atoms with Gasteiger partial charge in [0, 0.05) is 6.54 Å². The second kappa shape index (κ2) is 5.71. The van der Waals surface area contributed by atoms with E-state index >= 15 is 0 Å². The van der Waals surface area contributed by atoms with Gasteiger partial charge in [-0.2, -0.15) is 0 Å². The second-order valence-corrected chi connectivity index (χ2v) is 5.58. The highest BCUT2D eigenvalue weighted by Crippen LogP contribution is 2.33. The van der Waals surface area contributed by atoms with Gasteiger partial charge in [-0.3, -0.25) is 4.79 Å². The molecule has 1 aromatic carbocycles. The Morgan fingerprint density at radius 3 is 2.75 bits per heavy atom. The molecule has 1 heterocycles. The molecule has 5 nitrogen and oxygen atoms in total. The number of carbonyl (C=O) groups is 2. The molecule has 0 aromatic heterocycles. The Balaban J connectivity index is 2.46. The van der Waals surface area contributed by atoms with E-state index in [1.54, 1.807) is 23.1 Å². The summed E-state index contributed by atoms with van der Waals surface area (Å²) in [6.45, 7) is 2.60. The van der Waals surface area contributed by atoms with E-state index in [1.165, 1.54) is 0 Å². The van der Waals surface area contributed by atoms with Gasteiger partial charge in [0.05, 0.1) is 16.3 Å². The lowest BCUT2D eigenvalue weighted by Crippen LogP contribution is -2.47. The summed E-state index contributed by atoms with van der Waals surface area (Å²) < 4.78 is 0. The quantitative estimate of drug-likeness (QED) is 0.895. The molecule has 0 radical (unpaired) electrons. The van der Waals surface area contributed by atoms with E-state index in [1.807, 2.05) is 6.92 Å². The Hall–Kier alpha value is -1.75. The van der Waals surface area contributed by atoms with Gasteiger partial charge in [-0.25, -0.2) is 4.79 Å². The number of halogens is 1. The number of nitrogens with two attached hydrogens (primary N) is 1. The van der Waals surface area contributed by atoms with Gasteiger partial charge >= 0.3 is 5.97 Å². The highest BCUT2D eigenvalue weighted by Gasteiger charge is 2.33. The minimum atomic E-state index is -0.896. The lowest BCUT2D eigenvalue weighted by Gasteiger charge is -2.38. The predicted molar refractivity (Wildman–Crippen MR) is 77.1 cm³/mol. The molecule has 108 valence electrons. The van der Waals surface area contributed by atoms with E-state index in [9.17, 15) is 14.7 Å². The van der Waals surface area contributed by atoms with Crippen LogP contribution >= 0.6 is 11.6 Å². The van der Waals surface area contributed by atoms with Crippen molar-refractivity contribution in [2.24, 2.45) is 11.7 Å². The number of hydrogen-bond donors (Lipinski definition) is 2. The summed E-state index contributed by atoms with van der Waals surface area (Å²) >= 11 is 6.02. The van der Waals surface area contributed by atoms with E-state index in [4.69, 9.17) is 17.3 Å². The van der Waals surface area contributed by atoms with Gasteiger partial charge < -0.3 is 15.7 Å². The van der Waals surface area contributed by atoms with Crippen molar-refractivity contribution in [1.82, 2.24) is 0 Å². The molecule has 3 N–H and O–H groups in total. The molecule has 2 atom stereocenters. The molecule has 20 heavy (non-hydrogen) atoms. The number of amides is 1. The fourth-order valence-electron chi connectivity index (χ4n) is 2.66. The van der Waals surface area contributed by atoms with Gasteiger partial charge in [0.15, 0.2) is 0 Å². The first-order valence-electron chi connectivity index (χ1n) is 6.49. The van der Waals surface area contributed by atoms with Crippen LogP contribution in [0.25, 0.3) is 0 Å². The molecule has 1 aliphatic rings. The third-order valence-corrected chi connectivity index (χ3v) is 4.01. The van der Waals surface area contributed by atoms with Crippen molar-refractivity contribution in [3.05, 3.63) is 28.8 Å². The summed E-state index contributed by atoms with van der Waals surface area (Å²) in [6.07, 6.45) is 1.41. The molecule has 0 bridgehead atoms. The average molecular weight is 297 g/mol. The molecule has 1 fully saturated rings. The molecule has 2 unspecified atom stereocenters. The van der Waals surface area contributed by atoms with E-state index in [2.05, 4.69) is 0 Å². The number of anilines is 1. The van der Waals surface area contributed by atoms with Crippen LogP contribution < -0.4 is 10.6 Å². The SMILES string of the molecule is CC1CCN(c2cccc(Cl)c2C(N)=O)C(C(=O)O)C1. The normalized spacial score (nSPS) is 22.6. The van der Waals surface area contributed by atoms with E-state index < -0.39 is 17.9 Å². The number of carboxylic acid groups (broad SMARTS) is 1. The van der Waals surface area contributed by atoms with Gasteiger partial charge in [-0.1, -0.05) is 24.6 Å². The Morgan fingerprint density at radius 2 is 2.15 bits per heavy atom. The average Bonchev–Trinajstić information content (AvgIpc) is 2.37. The highest BCUT2D eigenvalue weighted by molar-refractivity contribution is 6.34. The first-order chi connectivity index (χ1) is 9.41. The molecule has 6 heteroatoms. The Labute approximate surface area is 122 Å². The van der Waals surface area contributed by atoms with Gasteiger partial charge in [0.25, 0.3) is 5.91 Å². The molecule has 0 saturated carbocycles. The summed E-state index contributed by atoms with van der Waals surface area (Å²) in [7, 11) is 0. The summed E-state index contributed by atoms with van der Waals surface area (Å²) in [5.41, 5.74) is 6.07. The maximum Gasteiger partial charge on any atom is 0.326 e. The fraction of sp³-hybridized carbons (Fsp3) is 0.429. The lowest BCUT2D eigenvalue weighted by molar-refractivity contribution is -0.139. The third kappa shape index (κ3) is 2.72. The van der Waals surface area contributed by atoms with Gasteiger partial charge in [0.1, 0.15) is 6.04 Å². The smallest absolute Gasteiger partial charge is 0.326 e. The number of nitrogens with zero attached hydrogens (tertiary/aromatic N) is 1. The molecule has 2 rings (SSSR count). The number of carboxylic acids is 1. The first-order valence-corrected chi connectivity index (χ1v) is 6.87. The number of rotatable bonds is 3. The Morgan fingerprint density at radius 1 is 1.45 bits per heavy atom. The van der Waals surface area contributed by atoms with Gasteiger partial charge in [-0.15, -0.1) is 0 Å². The lowest BCUT2D eigenvalue weighted by atomic mass is 9.91. The van der Waals surface area contributed by atoms with Crippen LogP contribution in [0.15, 0.2) is 18.2 Å². The van der Waals surface area contributed by atoms with Gasteiger partial charge in [-0.05, 0) is 30.9 Å². The van der Waals surface area contributed by atoms with Crippen molar-refractivity contribution in [3.8, 4) is 0 Å². The standard InChI is InChI=1S/C14H17ClN2O3/c1-8-5-6-17(11(7-8)14(19)20)10-4-2-3-9(15)12(10)13(16)18/h2-4,8,11H,5-7H2,1H3,(H2,16,18)(H,19,20). The highest BCUT2D eigenvalue weighted by atomic mass is 35.5. The number of piperidine rings is 1. The van der Waals surface area contributed by atoms with E-state index in [0.717, 1.165) is 6.42 Å². The van der Waals surface area contributed by atoms with Crippen LogP contribution in [0.1, 0.15) is 30.1 Å². The summed E-state index contributed by atoms with van der Waals surface area (Å²) in [5, 5.41) is 9.64. The number of carbonyl (C=O) groups excluding carboxylic acids is 1. The molecule has 0 aliphatic carbocycles. The second-order valence-electron chi connectivity index (χ2n) is 5.18. The molecule has 1 aromatic rings. The largest absolute Gasteiger partial charge is 0.480 e. The Bertz CT molecular complexity index is 547. The number of hydrogen-bond acceptors (Lipinski definition) is 3. The zero-order chi connectivity index (χ0) is 14.9. The minimum Gasteiger partial charge on any atom is -0.480 e. The van der Waals surface area contributed by atoms with Crippen LogP contribution in [-0.4, -0.2) is 29.6 Å². The maximum absolute atomic E-state index is 11.6. The number of primary amides is 1. The van der Waals surface area contributed by atoms with Crippen LogP contribution in [0.5, 0.6) is 0 Å². The molecular formula is C14H17ClN2O3. The number of benzene rings is 1. The van der Waals surface area contributed by atoms with Gasteiger partial charge in [0.2, 0.25) is 0 Å². The van der Waals surface area contributed by atoms with Crippen LogP contribution in [0.4, 0.5) is 5.69 Å². The van der Waals surface area contributed by atoms with E-state index in [-0.39, 0.29) is 10.6 Å². The molecule has 1 amide bonds. The summed E-state index contributed by atoms with van der Waals surface area (Å²) in [6, 6.07) is 4.31. The zero-order valence-electron chi connectivity index (χ0n) is 11.2. The predicted octanol–water partition coefficient (Wildman–Crippen LogP) is 2.13. The minimum absolute atomic E-state index is 0.190. The fourth-order valence-corrected chi connectivity index (χ4v) is 2.92. The summed E-state index contributed by atoms with van der Waals surface area (Å²) in [5.74, 6) is -1.20. The molecule has 1 aliphatic heterocycles. The monoisotopic (exact) mass is 296 g/mol. The van der Waals surface area contributed by atoms with Crippen LogP contribution in [-0.2, 0) is 4.79 Å². The van der Waals surface area contributed by atoms with Crippen molar-refractivity contribution in [2.75, 3.05) is 11.4 Å². The topological polar surface area (TPSA) is 83.6 Å². The van der Waals surface area contributed by atoms with Crippen LogP contribution in [0.3, 0.4) is 0 Å². The van der Waals surface area contributed by atoms with Crippen molar-refractivity contribution < 1.29 is 14.7 Å². The Kier molecular flexibility index (Phi) is 4.18. The number of aliphatic carboxylic acids is 1. The summed E-state index contributed by atoms with van der Waals surface area (Å²) in [4.78, 5) is 24.8. The van der Waals surface area contributed by atoms with Crippen LogP contribution in [0.2, 0.25) is 5.02 Å². The zero-order valence-corrected chi connectivity index (χ0v) is 11.9.